The molecule has 0 saturated carbocycles. The third-order valence-corrected chi connectivity index (χ3v) is 6.72. The lowest BCUT2D eigenvalue weighted by Crippen LogP contribution is -2.29. The van der Waals surface area contributed by atoms with Crippen molar-refractivity contribution >= 4 is 63.5 Å². The van der Waals surface area contributed by atoms with Crippen LogP contribution in [0.3, 0.4) is 0 Å². The van der Waals surface area contributed by atoms with Gasteiger partial charge in [0.1, 0.15) is 5.75 Å². The molecule has 0 atom stereocenters. The Morgan fingerprint density at radius 3 is 2.28 bits per heavy atom. The largest absolute Gasteiger partial charge is 0.484 e. The Labute approximate surface area is 217 Å². The number of aryl methyl sites for hydroxylation is 2. The number of para-hydroxylation sites is 1. The fourth-order valence-electron chi connectivity index (χ4n) is 3.67. The van der Waals surface area contributed by atoms with Gasteiger partial charge in [-0.15, -0.1) is 0 Å². The summed E-state index contributed by atoms with van der Waals surface area (Å²) in [5.74, 6) is -1.08. The monoisotopic (exact) mass is 518 g/mol. The number of benzene rings is 3. The van der Waals surface area contributed by atoms with Gasteiger partial charge in [0.2, 0.25) is 0 Å². The number of ether oxygens (including phenoxy) is 1. The van der Waals surface area contributed by atoms with Crippen LogP contribution in [0.4, 0.5) is 11.4 Å². The van der Waals surface area contributed by atoms with E-state index in [0.717, 1.165) is 22.4 Å². The molecule has 0 unspecified atom stereocenters. The number of carboxylic acids is 1. The topological polar surface area (TPSA) is 95.9 Å². The van der Waals surface area contributed by atoms with Crippen molar-refractivity contribution in [2.24, 2.45) is 0 Å². The zero-order valence-corrected chi connectivity index (χ0v) is 21.1. The molecule has 2 amide bonds. The number of thiocarbonyl (C=S) groups is 1. The maximum absolute atomic E-state index is 13.1. The van der Waals surface area contributed by atoms with Gasteiger partial charge in [-0.1, -0.05) is 54.3 Å². The number of nitrogens with zero attached hydrogens (tertiary/aromatic N) is 1. The van der Waals surface area contributed by atoms with Crippen molar-refractivity contribution in [2.45, 2.75) is 13.8 Å². The lowest BCUT2D eigenvalue weighted by atomic mass is 10.1. The minimum atomic E-state index is -1.03. The third-order valence-electron chi connectivity index (χ3n) is 5.42. The van der Waals surface area contributed by atoms with Crippen molar-refractivity contribution in [1.82, 2.24) is 0 Å². The molecule has 1 saturated heterocycles. The van der Waals surface area contributed by atoms with Gasteiger partial charge in [-0.3, -0.25) is 14.5 Å². The Bertz CT molecular complexity index is 1360. The molecule has 1 fully saturated rings. The number of rotatable bonds is 7. The summed E-state index contributed by atoms with van der Waals surface area (Å²) in [4.78, 5) is 38.3. The number of carboxylic acid groups (broad SMARTS) is 1. The summed E-state index contributed by atoms with van der Waals surface area (Å²) in [5, 5.41) is 11.6. The highest BCUT2D eigenvalue weighted by atomic mass is 32.2. The molecular weight excluding hydrogens is 496 g/mol. The Kier molecular flexibility index (Phi) is 7.52. The molecule has 0 bridgehead atoms. The first-order chi connectivity index (χ1) is 17.2. The van der Waals surface area contributed by atoms with Gasteiger partial charge in [0.15, 0.2) is 10.9 Å². The van der Waals surface area contributed by atoms with Crippen LogP contribution >= 0.6 is 24.0 Å². The minimum Gasteiger partial charge on any atom is -0.484 e. The Hall–Kier alpha value is -3.95. The van der Waals surface area contributed by atoms with E-state index in [1.54, 1.807) is 35.2 Å². The zero-order chi connectivity index (χ0) is 25.8. The predicted octanol–water partition coefficient (Wildman–Crippen LogP) is 5.42. The predicted molar refractivity (Wildman–Crippen MR) is 146 cm³/mol. The smallest absolute Gasteiger partial charge is 0.335 e. The SMILES string of the molecule is Cc1cccc(C)c1N1C(=O)/C(=C/c2ccc(OCC(=O)Nc3ccc(C(=O)O)cc3)cc2)SC1=S. The average Bonchev–Trinajstić information content (AvgIpc) is 3.11. The molecule has 0 aromatic heterocycles. The molecule has 3 aromatic rings. The first-order valence-electron chi connectivity index (χ1n) is 10.9. The van der Waals surface area contributed by atoms with E-state index in [-0.39, 0.29) is 24.0 Å². The molecule has 2 N–H and O–H groups in total. The molecule has 0 spiro atoms. The summed E-state index contributed by atoms with van der Waals surface area (Å²) in [6.45, 7) is 3.70. The van der Waals surface area contributed by atoms with E-state index in [9.17, 15) is 14.4 Å². The van der Waals surface area contributed by atoms with Crippen LogP contribution in [-0.2, 0) is 9.59 Å². The number of amides is 2. The molecule has 7 nitrogen and oxygen atoms in total. The van der Waals surface area contributed by atoms with Gasteiger partial charge in [0.25, 0.3) is 11.8 Å². The van der Waals surface area contributed by atoms with Gasteiger partial charge in [0, 0.05) is 5.69 Å². The molecule has 1 heterocycles. The van der Waals surface area contributed by atoms with Crippen LogP contribution < -0.4 is 15.0 Å². The van der Waals surface area contributed by atoms with Crippen molar-refractivity contribution in [1.29, 1.82) is 0 Å². The van der Waals surface area contributed by atoms with Gasteiger partial charge in [-0.05, 0) is 73.0 Å². The average molecular weight is 519 g/mol. The van der Waals surface area contributed by atoms with Crippen LogP contribution in [0, 0.1) is 13.8 Å². The van der Waals surface area contributed by atoms with Gasteiger partial charge < -0.3 is 15.2 Å². The molecule has 4 rings (SSSR count). The van der Waals surface area contributed by atoms with Crippen molar-refractivity contribution in [3.8, 4) is 5.75 Å². The van der Waals surface area contributed by atoms with E-state index in [2.05, 4.69) is 5.32 Å². The standard InChI is InChI=1S/C27H22N2O5S2/c1-16-4-3-5-17(2)24(16)29-25(31)22(36-27(29)35)14-18-6-12-21(13-7-18)34-15-23(30)28-20-10-8-19(9-11-20)26(32)33/h3-14H,15H2,1-2H3,(H,28,30)(H,32,33)/b22-14-. The van der Waals surface area contributed by atoms with Crippen molar-refractivity contribution in [2.75, 3.05) is 16.8 Å². The number of carbonyl (C=O) groups excluding carboxylic acids is 2. The second-order valence-corrected chi connectivity index (χ2v) is 9.72. The molecule has 1 aliphatic heterocycles. The summed E-state index contributed by atoms with van der Waals surface area (Å²) in [6.07, 6.45) is 1.78. The second kappa shape index (κ2) is 10.8. The summed E-state index contributed by atoms with van der Waals surface area (Å²) >= 11 is 6.76. The Morgan fingerprint density at radius 2 is 1.67 bits per heavy atom. The number of aromatic carboxylic acids is 1. The van der Waals surface area contributed by atoms with Gasteiger partial charge >= 0.3 is 5.97 Å². The highest BCUT2D eigenvalue weighted by molar-refractivity contribution is 8.27. The van der Waals surface area contributed by atoms with Gasteiger partial charge in [-0.25, -0.2) is 4.79 Å². The van der Waals surface area contributed by atoms with Crippen LogP contribution in [0.5, 0.6) is 5.75 Å². The van der Waals surface area contributed by atoms with Crippen LogP contribution in [0.25, 0.3) is 6.08 Å². The normalized spacial score (nSPS) is 14.3. The maximum Gasteiger partial charge on any atom is 0.335 e. The fourth-order valence-corrected chi connectivity index (χ4v) is 4.94. The Balaban J connectivity index is 1.37. The number of carbonyl (C=O) groups is 3. The lowest BCUT2D eigenvalue weighted by Gasteiger charge is -2.19. The molecular formula is C27H22N2O5S2. The lowest BCUT2D eigenvalue weighted by molar-refractivity contribution is -0.118. The van der Waals surface area contributed by atoms with Crippen LogP contribution in [-0.4, -0.2) is 33.8 Å². The van der Waals surface area contributed by atoms with E-state index in [1.165, 1.54) is 36.0 Å². The van der Waals surface area contributed by atoms with E-state index < -0.39 is 5.97 Å². The van der Waals surface area contributed by atoms with E-state index in [0.29, 0.717) is 20.7 Å². The number of hydrogen-bond donors (Lipinski definition) is 2. The van der Waals surface area contributed by atoms with Gasteiger partial charge in [0.05, 0.1) is 16.2 Å². The molecule has 36 heavy (non-hydrogen) atoms. The van der Waals surface area contributed by atoms with Crippen LogP contribution in [0.2, 0.25) is 0 Å². The molecule has 0 aliphatic carbocycles. The van der Waals surface area contributed by atoms with Gasteiger partial charge in [-0.2, -0.15) is 0 Å². The third kappa shape index (κ3) is 5.64. The maximum atomic E-state index is 13.1. The van der Waals surface area contributed by atoms with E-state index in [4.69, 9.17) is 22.1 Å². The van der Waals surface area contributed by atoms with Crippen molar-refractivity contribution in [3.05, 3.63) is 93.9 Å². The summed E-state index contributed by atoms with van der Waals surface area (Å²) in [6, 6.07) is 18.7. The zero-order valence-electron chi connectivity index (χ0n) is 19.5. The van der Waals surface area contributed by atoms with Crippen LogP contribution in [0.1, 0.15) is 27.0 Å². The van der Waals surface area contributed by atoms with Crippen molar-refractivity contribution in [3.63, 3.8) is 0 Å². The second-order valence-electron chi connectivity index (χ2n) is 8.05. The van der Waals surface area contributed by atoms with Crippen LogP contribution in [0.15, 0.2) is 71.6 Å². The highest BCUT2D eigenvalue weighted by Gasteiger charge is 2.34. The van der Waals surface area contributed by atoms with E-state index in [1.807, 2.05) is 32.0 Å². The van der Waals surface area contributed by atoms with Crippen molar-refractivity contribution < 1.29 is 24.2 Å². The number of nitrogens with one attached hydrogen (secondary N) is 1. The summed E-state index contributed by atoms with van der Waals surface area (Å²) in [7, 11) is 0. The first kappa shape index (κ1) is 25.2. The first-order valence-corrected chi connectivity index (χ1v) is 12.2. The van der Waals surface area contributed by atoms with E-state index >= 15 is 0 Å². The fraction of sp³-hybridized carbons (Fsp3) is 0.111. The molecule has 9 heteroatoms. The quantitative estimate of drug-likeness (QED) is 0.318. The number of thioether (sulfide) groups is 1. The number of hydrogen-bond acceptors (Lipinski definition) is 6. The highest BCUT2D eigenvalue weighted by Crippen LogP contribution is 2.38. The summed E-state index contributed by atoms with van der Waals surface area (Å²) in [5.41, 5.74) is 4.19. The summed E-state index contributed by atoms with van der Waals surface area (Å²) < 4.78 is 6.03. The molecule has 1 aliphatic rings. The molecule has 182 valence electrons. The molecule has 0 radical (unpaired) electrons. The minimum absolute atomic E-state index is 0.136. The number of anilines is 2. The molecule has 3 aromatic carbocycles. The Morgan fingerprint density at radius 1 is 1.03 bits per heavy atom.